The molecule has 0 aliphatic rings. The van der Waals surface area contributed by atoms with Crippen LogP contribution in [-0.2, 0) is 19.6 Å². The van der Waals surface area contributed by atoms with Crippen LogP contribution in [0.1, 0.15) is 26.2 Å². The van der Waals surface area contributed by atoms with Crippen LogP contribution in [0.4, 0.5) is 13.2 Å². The van der Waals surface area contributed by atoms with E-state index in [1.807, 2.05) is 0 Å². The van der Waals surface area contributed by atoms with Crippen molar-refractivity contribution >= 4 is 16.0 Å². The number of nitrogens with zero attached hydrogens (tertiary/aromatic N) is 1. The first-order valence-electron chi connectivity index (χ1n) is 5.73. The summed E-state index contributed by atoms with van der Waals surface area (Å²) in [7, 11) is -2.86. The lowest BCUT2D eigenvalue weighted by molar-refractivity contribution is -0.140. The number of carbonyl (C=O) groups is 1. The molecule has 0 rings (SSSR count). The number of carbonyl (C=O) groups excluding carboxylic acids is 1. The molecule has 0 aliphatic carbocycles. The summed E-state index contributed by atoms with van der Waals surface area (Å²) in [6.45, 7) is -0.102. The van der Waals surface area contributed by atoms with Crippen molar-refractivity contribution in [2.24, 2.45) is 0 Å². The monoisotopic (exact) mass is 305 g/mol. The maximum Gasteiger partial charge on any atom is 0.402 e. The SMILES string of the molecule is CCCN(CC(F)(F)F)S(=O)(=O)CCCC(=O)OC. The van der Waals surface area contributed by atoms with E-state index in [-0.39, 0.29) is 25.8 Å². The molecule has 19 heavy (non-hydrogen) atoms. The third-order valence-corrected chi connectivity index (χ3v) is 4.14. The Bertz CT molecular complexity index is 381. The highest BCUT2D eigenvalue weighted by Crippen LogP contribution is 2.19. The van der Waals surface area contributed by atoms with E-state index in [9.17, 15) is 26.4 Å². The Morgan fingerprint density at radius 1 is 1.32 bits per heavy atom. The number of hydrogen-bond acceptors (Lipinski definition) is 4. The number of ether oxygens (including phenoxy) is 1. The number of rotatable bonds is 8. The third kappa shape index (κ3) is 8.04. The summed E-state index contributed by atoms with van der Waals surface area (Å²) < 4.78 is 65.1. The van der Waals surface area contributed by atoms with Crippen molar-refractivity contribution in [3.05, 3.63) is 0 Å². The van der Waals surface area contributed by atoms with Crippen molar-refractivity contribution in [3.63, 3.8) is 0 Å². The van der Waals surface area contributed by atoms with Gasteiger partial charge in [-0.05, 0) is 12.8 Å². The summed E-state index contributed by atoms with van der Waals surface area (Å²) in [5.41, 5.74) is 0. The van der Waals surface area contributed by atoms with Gasteiger partial charge in [-0.3, -0.25) is 4.79 Å². The van der Waals surface area contributed by atoms with Gasteiger partial charge in [0.1, 0.15) is 6.54 Å². The molecule has 5 nitrogen and oxygen atoms in total. The zero-order valence-electron chi connectivity index (χ0n) is 10.9. The molecule has 0 bridgehead atoms. The van der Waals surface area contributed by atoms with Crippen LogP contribution in [0.25, 0.3) is 0 Å². The Kier molecular flexibility index (Phi) is 7.35. The van der Waals surface area contributed by atoms with Crippen molar-refractivity contribution in [3.8, 4) is 0 Å². The molecule has 0 heterocycles. The molecule has 0 aromatic heterocycles. The minimum atomic E-state index is -4.58. The quantitative estimate of drug-likeness (QED) is 0.638. The van der Waals surface area contributed by atoms with E-state index in [1.54, 1.807) is 6.92 Å². The number of halogens is 3. The zero-order valence-corrected chi connectivity index (χ0v) is 11.7. The Morgan fingerprint density at radius 2 is 1.89 bits per heavy atom. The maximum absolute atomic E-state index is 12.3. The molecular weight excluding hydrogens is 287 g/mol. The van der Waals surface area contributed by atoms with Gasteiger partial charge in [-0.15, -0.1) is 0 Å². The maximum atomic E-state index is 12.3. The van der Waals surface area contributed by atoms with E-state index in [2.05, 4.69) is 4.74 Å². The molecule has 0 saturated carbocycles. The van der Waals surface area contributed by atoms with Gasteiger partial charge < -0.3 is 4.74 Å². The van der Waals surface area contributed by atoms with E-state index < -0.39 is 34.5 Å². The van der Waals surface area contributed by atoms with Crippen LogP contribution in [0.2, 0.25) is 0 Å². The summed E-state index contributed by atoms with van der Waals surface area (Å²) in [4.78, 5) is 10.8. The first-order chi connectivity index (χ1) is 8.62. The zero-order chi connectivity index (χ0) is 15.1. The largest absolute Gasteiger partial charge is 0.469 e. The number of methoxy groups -OCH3 is 1. The molecule has 0 spiro atoms. The summed E-state index contributed by atoms with van der Waals surface area (Å²) >= 11 is 0. The van der Waals surface area contributed by atoms with Gasteiger partial charge in [0.05, 0.1) is 12.9 Å². The molecule has 114 valence electrons. The fourth-order valence-electron chi connectivity index (χ4n) is 1.40. The van der Waals surface area contributed by atoms with E-state index in [0.717, 1.165) is 7.11 Å². The molecule has 0 saturated heterocycles. The van der Waals surface area contributed by atoms with Gasteiger partial charge in [-0.1, -0.05) is 6.92 Å². The van der Waals surface area contributed by atoms with Gasteiger partial charge in [-0.2, -0.15) is 17.5 Å². The van der Waals surface area contributed by atoms with Crippen molar-refractivity contribution in [1.29, 1.82) is 0 Å². The van der Waals surface area contributed by atoms with Crippen molar-refractivity contribution in [2.75, 3.05) is 26.0 Å². The van der Waals surface area contributed by atoms with Gasteiger partial charge in [0.2, 0.25) is 10.0 Å². The van der Waals surface area contributed by atoms with Crippen LogP contribution in [0.3, 0.4) is 0 Å². The van der Waals surface area contributed by atoms with E-state index in [4.69, 9.17) is 0 Å². The minimum absolute atomic E-state index is 0.0624. The second-order valence-electron chi connectivity index (χ2n) is 3.94. The highest BCUT2D eigenvalue weighted by molar-refractivity contribution is 7.89. The lowest BCUT2D eigenvalue weighted by Crippen LogP contribution is -2.40. The second-order valence-corrected chi connectivity index (χ2v) is 6.03. The van der Waals surface area contributed by atoms with Gasteiger partial charge in [0, 0.05) is 13.0 Å². The predicted octanol–water partition coefficient (Wildman–Crippen LogP) is 1.54. The van der Waals surface area contributed by atoms with Crippen LogP contribution in [0.15, 0.2) is 0 Å². The summed E-state index contributed by atoms with van der Waals surface area (Å²) in [6.07, 6.45) is -4.49. The van der Waals surface area contributed by atoms with Crippen molar-refractivity contribution < 1.29 is 31.1 Å². The Labute approximate surface area is 110 Å². The molecule has 0 amide bonds. The fourth-order valence-corrected chi connectivity index (χ4v) is 2.97. The molecule has 0 aliphatic heterocycles. The molecule has 0 N–H and O–H groups in total. The number of alkyl halides is 3. The summed E-state index contributed by atoms with van der Waals surface area (Å²) in [5, 5.41) is 0. The smallest absolute Gasteiger partial charge is 0.402 e. The topological polar surface area (TPSA) is 63.7 Å². The molecule has 0 unspecified atom stereocenters. The molecule has 0 atom stereocenters. The van der Waals surface area contributed by atoms with Crippen LogP contribution >= 0.6 is 0 Å². The van der Waals surface area contributed by atoms with Crippen molar-refractivity contribution in [1.82, 2.24) is 4.31 Å². The first kappa shape index (κ1) is 18.2. The van der Waals surface area contributed by atoms with Crippen LogP contribution in [0, 0.1) is 0 Å². The second kappa shape index (κ2) is 7.68. The van der Waals surface area contributed by atoms with E-state index >= 15 is 0 Å². The normalized spacial score (nSPS) is 12.7. The standard InChI is InChI=1S/C10H18F3NO4S/c1-3-6-14(8-10(11,12)13)19(16,17)7-4-5-9(15)18-2/h3-8H2,1-2H3. The number of sulfonamides is 1. The predicted molar refractivity (Wildman–Crippen MR) is 63.0 cm³/mol. The van der Waals surface area contributed by atoms with Crippen molar-refractivity contribution in [2.45, 2.75) is 32.4 Å². The highest BCUT2D eigenvalue weighted by atomic mass is 32.2. The van der Waals surface area contributed by atoms with Gasteiger partial charge in [-0.25, -0.2) is 8.42 Å². The molecule has 0 fully saturated rings. The first-order valence-corrected chi connectivity index (χ1v) is 7.34. The molecular formula is C10H18F3NO4S. The lowest BCUT2D eigenvalue weighted by atomic mass is 10.3. The molecule has 0 aromatic rings. The van der Waals surface area contributed by atoms with Crippen LogP contribution in [0.5, 0.6) is 0 Å². The highest BCUT2D eigenvalue weighted by Gasteiger charge is 2.35. The number of esters is 1. The Balaban J connectivity index is 4.57. The van der Waals surface area contributed by atoms with Gasteiger partial charge in [0.25, 0.3) is 0 Å². The van der Waals surface area contributed by atoms with E-state index in [0.29, 0.717) is 4.31 Å². The Morgan fingerprint density at radius 3 is 2.32 bits per heavy atom. The molecule has 9 heteroatoms. The average Bonchev–Trinajstić information content (AvgIpc) is 2.26. The minimum Gasteiger partial charge on any atom is -0.469 e. The number of hydrogen-bond donors (Lipinski definition) is 0. The van der Waals surface area contributed by atoms with Crippen LogP contribution < -0.4 is 0 Å². The third-order valence-electron chi connectivity index (χ3n) is 2.23. The Hall–Kier alpha value is -0.830. The van der Waals surface area contributed by atoms with Crippen LogP contribution in [-0.4, -0.2) is 50.8 Å². The summed E-state index contributed by atoms with van der Waals surface area (Å²) in [6, 6.07) is 0. The lowest BCUT2D eigenvalue weighted by Gasteiger charge is -2.22. The van der Waals surface area contributed by atoms with Gasteiger partial charge in [0.15, 0.2) is 0 Å². The molecule has 0 radical (unpaired) electrons. The molecule has 0 aromatic carbocycles. The average molecular weight is 305 g/mol. The van der Waals surface area contributed by atoms with Gasteiger partial charge >= 0.3 is 12.1 Å². The fraction of sp³-hybridized carbons (Fsp3) is 0.900. The summed E-state index contributed by atoms with van der Waals surface area (Å²) in [5.74, 6) is -1.09. The van der Waals surface area contributed by atoms with E-state index in [1.165, 1.54) is 0 Å².